The molecule has 0 aromatic heterocycles. The molecular formula is C26H31FN4O5. The molecule has 192 valence electrons. The Morgan fingerprint density at radius 2 is 1.81 bits per heavy atom. The average molecular weight is 499 g/mol. The number of benzene rings is 2. The standard InChI is InChI=1S/C26H31FN4O5/c1-4-36-26(33)30-13-11-29(12-14-30)17-25(32)31-23(20-15-18(34-2)9-10-24(20)35-3)16-22(28-31)19-7-5-6-8-21(19)27/h5-10,15,23H,4,11-14,16-17H2,1-3H3. The van der Waals surface area contributed by atoms with Crippen LogP contribution in [0.1, 0.15) is 30.5 Å². The number of piperazine rings is 1. The zero-order valence-corrected chi connectivity index (χ0v) is 20.8. The average Bonchev–Trinajstić information content (AvgIpc) is 3.34. The Hall–Kier alpha value is -3.66. The van der Waals surface area contributed by atoms with Crippen molar-refractivity contribution in [3.8, 4) is 11.5 Å². The van der Waals surface area contributed by atoms with Crippen molar-refractivity contribution in [3.63, 3.8) is 0 Å². The highest BCUT2D eigenvalue weighted by Crippen LogP contribution is 2.39. The summed E-state index contributed by atoms with van der Waals surface area (Å²) in [5.74, 6) is 0.594. The van der Waals surface area contributed by atoms with Gasteiger partial charge in [0.25, 0.3) is 5.91 Å². The van der Waals surface area contributed by atoms with E-state index in [4.69, 9.17) is 14.2 Å². The molecule has 9 nitrogen and oxygen atoms in total. The molecular weight excluding hydrogens is 467 g/mol. The summed E-state index contributed by atoms with van der Waals surface area (Å²) in [7, 11) is 3.13. The number of nitrogens with zero attached hydrogens (tertiary/aromatic N) is 4. The maximum Gasteiger partial charge on any atom is 0.409 e. The number of methoxy groups -OCH3 is 2. The van der Waals surface area contributed by atoms with Gasteiger partial charge in [-0.3, -0.25) is 9.69 Å². The molecule has 1 saturated heterocycles. The highest BCUT2D eigenvalue weighted by atomic mass is 19.1. The number of hydrogen-bond donors (Lipinski definition) is 0. The molecule has 36 heavy (non-hydrogen) atoms. The Morgan fingerprint density at radius 3 is 2.47 bits per heavy atom. The van der Waals surface area contributed by atoms with Gasteiger partial charge in [0.15, 0.2) is 0 Å². The van der Waals surface area contributed by atoms with Crippen LogP contribution in [0.25, 0.3) is 0 Å². The summed E-state index contributed by atoms with van der Waals surface area (Å²) in [6.45, 7) is 4.24. The lowest BCUT2D eigenvalue weighted by Crippen LogP contribution is -2.51. The van der Waals surface area contributed by atoms with Crippen LogP contribution in [0.3, 0.4) is 0 Å². The zero-order chi connectivity index (χ0) is 25.7. The molecule has 2 aromatic rings. The zero-order valence-electron chi connectivity index (χ0n) is 20.8. The second-order valence-corrected chi connectivity index (χ2v) is 8.55. The Morgan fingerprint density at radius 1 is 1.06 bits per heavy atom. The van der Waals surface area contributed by atoms with Crippen molar-refractivity contribution in [3.05, 3.63) is 59.4 Å². The first kappa shape index (κ1) is 25.4. The second-order valence-electron chi connectivity index (χ2n) is 8.55. The highest BCUT2D eigenvalue weighted by Gasteiger charge is 2.36. The van der Waals surface area contributed by atoms with Crippen LogP contribution in [-0.2, 0) is 9.53 Å². The number of hydrazone groups is 1. The van der Waals surface area contributed by atoms with Crippen LogP contribution in [0.15, 0.2) is 47.6 Å². The lowest BCUT2D eigenvalue weighted by molar-refractivity contribution is -0.134. The molecule has 4 rings (SSSR count). The van der Waals surface area contributed by atoms with Crippen LogP contribution in [0.4, 0.5) is 9.18 Å². The summed E-state index contributed by atoms with van der Waals surface area (Å²) in [5.41, 5.74) is 1.58. The molecule has 0 N–H and O–H groups in total. The number of amides is 2. The van der Waals surface area contributed by atoms with Crippen LogP contribution >= 0.6 is 0 Å². The van der Waals surface area contributed by atoms with E-state index in [-0.39, 0.29) is 18.5 Å². The minimum absolute atomic E-state index is 0.119. The predicted molar refractivity (Wildman–Crippen MR) is 132 cm³/mol. The molecule has 0 bridgehead atoms. The number of halogens is 1. The smallest absolute Gasteiger partial charge is 0.409 e. The second kappa shape index (κ2) is 11.4. The lowest BCUT2D eigenvalue weighted by atomic mass is 9.97. The van der Waals surface area contributed by atoms with Gasteiger partial charge >= 0.3 is 6.09 Å². The van der Waals surface area contributed by atoms with Gasteiger partial charge in [-0.25, -0.2) is 14.2 Å². The minimum Gasteiger partial charge on any atom is -0.497 e. The molecule has 2 aliphatic rings. The van der Waals surface area contributed by atoms with Crippen LogP contribution in [-0.4, -0.2) is 86.1 Å². The summed E-state index contributed by atoms with van der Waals surface area (Å²) in [4.78, 5) is 29.1. The van der Waals surface area contributed by atoms with Gasteiger partial charge in [-0.05, 0) is 31.2 Å². The third kappa shape index (κ3) is 5.43. The van der Waals surface area contributed by atoms with E-state index in [0.717, 1.165) is 5.56 Å². The summed E-state index contributed by atoms with van der Waals surface area (Å²) in [5, 5.41) is 6.02. The maximum absolute atomic E-state index is 14.6. The molecule has 1 unspecified atom stereocenters. The van der Waals surface area contributed by atoms with Gasteiger partial charge in [-0.15, -0.1) is 0 Å². The van der Waals surface area contributed by atoms with E-state index >= 15 is 0 Å². The number of hydrogen-bond acceptors (Lipinski definition) is 7. The van der Waals surface area contributed by atoms with Gasteiger partial charge in [-0.1, -0.05) is 18.2 Å². The SMILES string of the molecule is CCOC(=O)N1CCN(CC(=O)N2N=C(c3ccccc3F)CC2c2cc(OC)ccc2OC)CC1. The van der Waals surface area contributed by atoms with Crippen LogP contribution < -0.4 is 9.47 Å². The fourth-order valence-electron chi connectivity index (χ4n) is 4.51. The van der Waals surface area contributed by atoms with Crippen molar-refractivity contribution in [2.45, 2.75) is 19.4 Å². The van der Waals surface area contributed by atoms with E-state index in [1.165, 1.54) is 11.1 Å². The quantitative estimate of drug-likeness (QED) is 0.583. The van der Waals surface area contributed by atoms with Crippen molar-refractivity contribution in [1.82, 2.24) is 14.8 Å². The summed E-state index contributed by atoms with van der Waals surface area (Å²) >= 11 is 0. The molecule has 0 aliphatic carbocycles. The van der Waals surface area contributed by atoms with E-state index < -0.39 is 11.9 Å². The number of rotatable bonds is 7. The molecule has 0 spiro atoms. The Bertz CT molecular complexity index is 1130. The summed E-state index contributed by atoms with van der Waals surface area (Å²) < 4.78 is 30.7. The third-order valence-electron chi connectivity index (χ3n) is 6.40. The molecule has 10 heteroatoms. The normalized spacial score (nSPS) is 18.1. The van der Waals surface area contributed by atoms with E-state index in [0.29, 0.717) is 62.0 Å². The molecule has 0 radical (unpaired) electrons. The van der Waals surface area contributed by atoms with E-state index in [1.807, 2.05) is 11.0 Å². The fraction of sp³-hybridized carbons (Fsp3) is 0.423. The van der Waals surface area contributed by atoms with Gasteiger partial charge in [0.2, 0.25) is 0 Å². The van der Waals surface area contributed by atoms with Crippen LogP contribution in [0.2, 0.25) is 0 Å². The Balaban J connectivity index is 1.57. The molecule has 2 heterocycles. The molecule has 0 saturated carbocycles. The largest absolute Gasteiger partial charge is 0.497 e. The first-order chi connectivity index (χ1) is 17.4. The molecule has 2 aromatic carbocycles. The van der Waals surface area contributed by atoms with E-state index in [1.54, 1.807) is 56.4 Å². The maximum atomic E-state index is 14.6. The lowest BCUT2D eigenvalue weighted by Gasteiger charge is -2.34. The van der Waals surface area contributed by atoms with Crippen molar-refractivity contribution in [1.29, 1.82) is 0 Å². The third-order valence-corrected chi connectivity index (χ3v) is 6.40. The van der Waals surface area contributed by atoms with Crippen molar-refractivity contribution >= 4 is 17.7 Å². The van der Waals surface area contributed by atoms with Gasteiger partial charge in [0.1, 0.15) is 17.3 Å². The monoisotopic (exact) mass is 498 g/mol. The summed E-state index contributed by atoms with van der Waals surface area (Å²) in [6, 6.07) is 11.3. The van der Waals surface area contributed by atoms with Crippen molar-refractivity contribution in [2.75, 3.05) is 53.6 Å². The van der Waals surface area contributed by atoms with Gasteiger partial charge < -0.3 is 19.1 Å². The van der Waals surface area contributed by atoms with E-state index in [9.17, 15) is 14.0 Å². The predicted octanol–water partition coefficient (Wildman–Crippen LogP) is 3.29. The molecule has 1 atom stereocenters. The van der Waals surface area contributed by atoms with Gasteiger partial charge in [-0.2, -0.15) is 5.10 Å². The highest BCUT2D eigenvalue weighted by molar-refractivity contribution is 6.03. The number of carbonyl (C=O) groups is 2. The first-order valence-electron chi connectivity index (χ1n) is 12.0. The van der Waals surface area contributed by atoms with Gasteiger partial charge in [0.05, 0.1) is 39.1 Å². The van der Waals surface area contributed by atoms with Crippen LogP contribution in [0, 0.1) is 5.82 Å². The Kier molecular flexibility index (Phi) is 8.04. The minimum atomic E-state index is -0.488. The first-order valence-corrected chi connectivity index (χ1v) is 12.0. The number of ether oxygens (including phenoxy) is 3. The number of carbonyl (C=O) groups excluding carboxylic acids is 2. The molecule has 2 amide bonds. The fourth-order valence-corrected chi connectivity index (χ4v) is 4.51. The van der Waals surface area contributed by atoms with E-state index in [2.05, 4.69) is 5.10 Å². The molecule has 2 aliphatic heterocycles. The Labute approximate surface area is 210 Å². The topological polar surface area (TPSA) is 83.9 Å². The van der Waals surface area contributed by atoms with Crippen molar-refractivity contribution < 1.29 is 28.2 Å². The van der Waals surface area contributed by atoms with Crippen LogP contribution in [0.5, 0.6) is 11.5 Å². The van der Waals surface area contributed by atoms with Crippen molar-refractivity contribution in [2.24, 2.45) is 5.10 Å². The summed E-state index contributed by atoms with van der Waals surface area (Å²) in [6.07, 6.45) is -0.0142. The molecule has 1 fully saturated rings. The van der Waals surface area contributed by atoms with Gasteiger partial charge in [0, 0.05) is 43.7 Å².